The molecule has 3 aromatic rings. The first-order valence-corrected chi connectivity index (χ1v) is 10.7. The lowest BCUT2D eigenvalue weighted by Crippen LogP contribution is -2.38. The number of aromatic nitrogens is 3. The predicted octanol–water partition coefficient (Wildman–Crippen LogP) is 4.30. The zero-order chi connectivity index (χ0) is 22.6. The molecule has 0 saturated heterocycles. The molecule has 32 heavy (non-hydrogen) atoms. The van der Waals surface area contributed by atoms with Gasteiger partial charge in [0.1, 0.15) is 11.4 Å². The highest BCUT2D eigenvalue weighted by atomic mass is 19.1. The molecule has 1 saturated carbocycles. The summed E-state index contributed by atoms with van der Waals surface area (Å²) in [5.41, 5.74) is 7.15. The Morgan fingerprint density at radius 3 is 2.66 bits per heavy atom. The number of carbonyl (C=O) groups excluding carboxylic acids is 1. The first kappa shape index (κ1) is 21.5. The van der Waals surface area contributed by atoms with Gasteiger partial charge >= 0.3 is 0 Å². The first-order valence-electron chi connectivity index (χ1n) is 10.7. The average Bonchev–Trinajstić information content (AvgIpc) is 3.22. The van der Waals surface area contributed by atoms with Gasteiger partial charge in [0.2, 0.25) is 0 Å². The van der Waals surface area contributed by atoms with E-state index in [2.05, 4.69) is 27.5 Å². The number of amides is 1. The van der Waals surface area contributed by atoms with Crippen molar-refractivity contribution in [2.24, 2.45) is 11.7 Å². The van der Waals surface area contributed by atoms with E-state index >= 15 is 0 Å². The van der Waals surface area contributed by atoms with E-state index in [9.17, 15) is 14.4 Å². The molecule has 164 valence electrons. The summed E-state index contributed by atoms with van der Waals surface area (Å²) in [6, 6.07) is 12.1. The number of hydrogen-bond donors (Lipinski definition) is 2. The maximum absolute atomic E-state index is 13.2. The van der Waals surface area contributed by atoms with Crippen molar-refractivity contribution < 1.29 is 9.18 Å². The number of nitrogens with two attached hydrogens (primary N) is 1. The van der Waals surface area contributed by atoms with Crippen LogP contribution in [0.3, 0.4) is 0 Å². The third-order valence-electron chi connectivity index (χ3n) is 6.26. The number of halogens is 1. The minimum absolute atomic E-state index is 0.240. The van der Waals surface area contributed by atoms with E-state index in [1.807, 2.05) is 12.3 Å². The second kappa shape index (κ2) is 9.18. The molecule has 0 unspecified atom stereocenters. The summed E-state index contributed by atoms with van der Waals surface area (Å²) < 4.78 is 15.0. The van der Waals surface area contributed by atoms with Crippen LogP contribution < -0.4 is 11.1 Å². The van der Waals surface area contributed by atoms with Crippen LogP contribution in [0.5, 0.6) is 0 Å². The summed E-state index contributed by atoms with van der Waals surface area (Å²) in [6.07, 6.45) is 10.0. The minimum atomic E-state index is -0.613. The standard InChI is InChI=1S/C24H25FN6O/c25-19-3-5-20(6-4-19)29-23-21(22(27)32)16-31(30-23)24(11-12-26)9-7-17(8-10-24)14-18-2-1-13-28-15-18/h1-6,13,15-17H,7-11,14H2,(H2,27,32)(H,29,30). The quantitative estimate of drug-likeness (QED) is 0.578. The van der Waals surface area contributed by atoms with Crippen LogP contribution in [0.4, 0.5) is 15.9 Å². The van der Waals surface area contributed by atoms with Gasteiger partial charge < -0.3 is 11.1 Å². The molecule has 3 N–H and O–H groups in total. The molecule has 4 rings (SSSR count). The lowest BCUT2D eigenvalue weighted by Gasteiger charge is -2.39. The highest BCUT2D eigenvalue weighted by Gasteiger charge is 2.38. The number of anilines is 2. The monoisotopic (exact) mass is 432 g/mol. The highest BCUT2D eigenvalue weighted by molar-refractivity contribution is 5.98. The number of pyridine rings is 1. The third kappa shape index (κ3) is 4.62. The molecule has 0 aliphatic heterocycles. The number of nitriles is 1. The molecule has 2 heterocycles. The maximum Gasteiger partial charge on any atom is 0.254 e. The third-order valence-corrected chi connectivity index (χ3v) is 6.26. The second-order valence-corrected chi connectivity index (χ2v) is 8.40. The molecule has 0 radical (unpaired) electrons. The summed E-state index contributed by atoms with van der Waals surface area (Å²) in [7, 11) is 0. The molecule has 2 aromatic heterocycles. The lowest BCUT2D eigenvalue weighted by molar-refractivity contribution is 0.1000. The molecule has 1 aliphatic rings. The molecule has 0 atom stereocenters. The van der Waals surface area contributed by atoms with E-state index in [0.29, 0.717) is 23.8 Å². The molecule has 8 heteroatoms. The SMILES string of the molecule is N#CCC1(n2cc(C(N)=O)c(Nc3ccc(F)cc3)n2)CCC(Cc2cccnc2)CC1. The van der Waals surface area contributed by atoms with Gasteiger partial charge in [-0.15, -0.1) is 0 Å². The fraction of sp³-hybridized carbons (Fsp3) is 0.333. The Morgan fingerprint density at radius 1 is 1.28 bits per heavy atom. The number of nitrogens with zero attached hydrogens (tertiary/aromatic N) is 4. The van der Waals surface area contributed by atoms with E-state index in [0.717, 1.165) is 32.1 Å². The van der Waals surface area contributed by atoms with Crippen LogP contribution in [0.2, 0.25) is 0 Å². The molecule has 1 amide bonds. The van der Waals surface area contributed by atoms with E-state index in [1.54, 1.807) is 29.2 Å². The topological polar surface area (TPSA) is 110 Å². The zero-order valence-corrected chi connectivity index (χ0v) is 17.7. The Kier molecular flexibility index (Phi) is 6.17. The van der Waals surface area contributed by atoms with Crippen LogP contribution in [-0.4, -0.2) is 20.7 Å². The van der Waals surface area contributed by atoms with Crippen molar-refractivity contribution in [2.45, 2.75) is 44.1 Å². The number of rotatable bonds is 7. The average molecular weight is 433 g/mol. The number of benzene rings is 1. The summed E-state index contributed by atoms with van der Waals surface area (Å²) >= 11 is 0. The first-order chi connectivity index (χ1) is 15.5. The Labute approximate surface area is 186 Å². The van der Waals surface area contributed by atoms with Crippen LogP contribution in [0.25, 0.3) is 0 Å². The normalized spacial score (nSPS) is 20.4. The predicted molar refractivity (Wildman–Crippen MR) is 119 cm³/mol. The van der Waals surface area contributed by atoms with E-state index in [-0.39, 0.29) is 11.4 Å². The van der Waals surface area contributed by atoms with Gasteiger partial charge in [-0.25, -0.2) is 4.39 Å². The van der Waals surface area contributed by atoms with Crippen molar-refractivity contribution in [2.75, 3.05) is 5.32 Å². The van der Waals surface area contributed by atoms with Crippen molar-refractivity contribution in [1.29, 1.82) is 5.26 Å². The number of primary amides is 1. The molecule has 1 aliphatic carbocycles. The van der Waals surface area contributed by atoms with Crippen LogP contribution in [0, 0.1) is 23.1 Å². The second-order valence-electron chi connectivity index (χ2n) is 8.40. The van der Waals surface area contributed by atoms with Crippen molar-refractivity contribution in [1.82, 2.24) is 14.8 Å². The summed E-state index contributed by atoms with van der Waals surface area (Å²) in [5.74, 6) is -0.154. The van der Waals surface area contributed by atoms with E-state index in [4.69, 9.17) is 5.73 Å². The molecule has 1 fully saturated rings. The van der Waals surface area contributed by atoms with Crippen LogP contribution in [-0.2, 0) is 12.0 Å². The summed E-state index contributed by atoms with van der Waals surface area (Å²) in [5, 5.41) is 17.2. The molecule has 7 nitrogen and oxygen atoms in total. The van der Waals surface area contributed by atoms with Crippen molar-refractivity contribution in [3.8, 4) is 6.07 Å². The Bertz CT molecular complexity index is 1110. The minimum Gasteiger partial charge on any atom is -0.365 e. The van der Waals surface area contributed by atoms with Gasteiger partial charge in [0, 0.05) is 24.3 Å². The van der Waals surface area contributed by atoms with Gasteiger partial charge in [0.05, 0.1) is 18.0 Å². The van der Waals surface area contributed by atoms with Crippen molar-refractivity contribution in [3.05, 3.63) is 71.9 Å². The van der Waals surface area contributed by atoms with E-state index < -0.39 is 11.4 Å². The Balaban J connectivity index is 1.56. The Morgan fingerprint density at radius 2 is 2.03 bits per heavy atom. The zero-order valence-electron chi connectivity index (χ0n) is 17.7. The van der Waals surface area contributed by atoms with Gasteiger partial charge in [-0.2, -0.15) is 10.4 Å². The number of carbonyl (C=O) groups is 1. The number of hydrogen-bond acceptors (Lipinski definition) is 5. The lowest BCUT2D eigenvalue weighted by atomic mass is 9.73. The van der Waals surface area contributed by atoms with Crippen LogP contribution in [0.1, 0.15) is 48.0 Å². The van der Waals surface area contributed by atoms with Gasteiger partial charge in [-0.05, 0) is 73.9 Å². The summed E-state index contributed by atoms with van der Waals surface area (Å²) in [4.78, 5) is 16.3. The molecule has 1 aromatic carbocycles. The molecular formula is C24H25FN6O. The van der Waals surface area contributed by atoms with Crippen molar-refractivity contribution >= 4 is 17.4 Å². The van der Waals surface area contributed by atoms with Crippen LogP contribution in [0.15, 0.2) is 55.0 Å². The maximum atomic E-state index is 13.2. The smallest absolute Gasteiger partial charge is 0.254 e. The van der Waals surface area contributed by atoms with Gasteiger partial charge in [0.25, 0.3) is 5.91 Å². The Hall–Kier alpha value is -3.73. The van der Waals surface area contributed by atoms with Gasteiger partial charge in [-0.3, -0.25) is 14.5 Å². The van der Waals surface area contributed by atoms with E-state index in [1.165, 1.54) is 17.7 Å². The largest absolute Gasteiger partial charge is 0.365 e. The number of nitrogens with one attached hydrogen (secondary N) is 1. The van der Waals surface area contributed by atoms with Gasteiger partial charge in [0.15, 0.2) is 5.82 Å². The highest BCUT2D eigenvalue weighted by Crippen LogP contribution is 2.41. The fourth-order valence-electron chi connectivity index (χ4n) is 4.46. The fourth-order valence-corrected chi connectivity index (χ4v) is 4.46. The van der Waals surface area contributed by atoms with Crippen molar-refractivity contribution in [3.63, 3.8) is 0 Å². The molecule has 0 spiro atoms. The molecule has 0 bridgehead atoms. The van der Waals surface area contributed by atoms with Gasteiger partial charge in [-0.1, -0.05) is 6.07 Å². The van der Waals surface area contributed by atoms with Crippen LogP contribution >= 0.6 is 0 Å². The summed E-state index contributed by atoms with van der Waals surface area (Å²) in [6.45, 7) is 0. The molecular weight excluding hydrogens is 407 g/mol.